The van der Waals surface area contributed by atoms with Gasteiger partial charge in [0.15, 0.2) is 0 Å². The fourth-order valence-electron chi connectivity index (χ4n) is 0.703. The van der Waals surface area contributed by atoms with Crippen molar-refractivity contribution in [2.75, 3.05) is 13.2 Å². The summed E-state index contributed by atoms with van der Waals surface area (Å²) >= 11 is 0. The zero-order valence-electron chi connectivity index (χ0n) is 6.95. The minimum atomic E-state index is -1.59. The number of aliphatic hydroxyl groups is 5. The second-order valence-electron chi connectivity index (χ2n) is 2.53. The van der Waals surface area contributed by atoms with Gasteiger partial charge in [0.1, 0.15) is 18.3 Å². The third-order valence-corrected chi connectivity index (χ3v) is 1.57. The highest BCUT2D eigenvalue weighted by Crippen LogP contribution is 2.03. The molecule has 0 aromatic heterocycles. The Balaban J connectivity index is 0. The van der Waals surface area contributed by atoms with Crippen LogP contribution in [0.25, 0.3) is 0 Å². The maximum absolute atomic E-state index is 9.04. The summed E-state index contributed by atoms with van der Waals surface area (Å²) in [4.78, 5) is 0. The van der Waals surface area contributed by atoms with Crippen LogP contribution in [0.4, 0.5) is 0 Å². The van der Waals surface area contributed by atoms with Gasteiger partial charge >= 0.3 is 0 Å². The van der Waals surface area contributed by atoms with Gasteiger partial charge in [0.25, 0.3) is 0 Å². The van der Waals surface area contributed by atoms with Crippen LogP contribution in [0, 0.1) is 0 Å². The molecule has 4 atom stereocenters. The van der Waals surface area contributed by atoms with Crippen molar-refractivity contribution in [1.29, 1.82) is 0 Å². The summed E-state index contributed by atoms with van der Waals surface area (Å²) < 4.78 is 0. The van der Waals surface area contributed by atoms with Crippen molar-refractivity contribution in [3.8, 4) is 0 Å². The molecule has 7 heteroatoms. The van der Waals surface area contributed by atoms with Crippen molar-refractivity contribution in [1.82, 2.24) is 0 Å². The molecule has 0 saturated heterocycles. The lowest BCUT2D eigenvalue weighted by Gasteiger charge is -2.24. The average Bonchev–Trinajstić information content (AvgIpc) is 2.12. The molecule has 0 aliphatic carbocycles. The van der Waals surface area contributed by atoms with Crippen LogP contribution in [0.15, 0.2) is 0 Å². The Labute approximate surface area is 82.0 Å². The van der Waals surface area contributed by atoms with Crippen molar-refractivity contribution >= 4 is 12.4 Å². The van der Waals surface area contributed by atoms with Gasteiger partial charge < -0.3 is 31.3 Å². The summed E-state index contributed by atoms with van der Waals surface area (Å²) in [6, 6.07) is 0. The lowest BCUT2D eigenvalue weighted by Crippen LogP contribution is -2.48. The quantitative estimate of drug-likeness (QED) is 0.288. The lowest BCUT2D eigenvalue weighted by atomic mass is 10.0. The molecular formula is C6H16ClNO5. The van der Waals surface area contributed by atoms with Crippen molar-refractivity contribution in [2.24, 2.45) is 5.73 Å². The van der Waals surface area contributed by atoms with E-state index in [1.54, 1.807) is 0 Å². The smallest absolute Gasteiger partial charge is 0.111 e. The normalized spacial score (nSPS) is 19.8. The van der Waals surface area contributed by atoms with Crippen LogP contribution in [-0.2, 0) is 0 Å². The minimum Gasteiger partial charge on any atom is -0.394 e. The number of hydrogen-bond donors (Lipinski definition) is 6. The summed E-state index contributed by atoms with van der Waals surface area (Å²) in [7, 11) is 0. The molecule has 0 spiro atoms. The second-order valence-corrected chi connectivity index (χ2v) is 2.53. The van der Waals surface area contributed by atoms with Gasteiger partial charge in [-0.1, -0.05) is 0 Å². The first-order valence-electron chi connectivity index (χ1n) is 3.57. The predicted octanol–water partition coefficient (Wildman–Crippen LogP) is -3.20. The Bertz CT molecular complexity index is 114. The fraction of sp³-hybridized carbons (Fsp3) is 1.00. The second kappa shape index (κ2) is 7.45. The van der Waals surface area contributed by atoms with E-state index in [9.17, 15) is 0 Å². The first-order valence-corrected chi connectivity index (χ1v) is 3.57. The van der Waals surface area contributed by atoms with Gasteiger partial charge in [-0.25, -0.2) is 0 Å². The highest BCUT2D eigenvalue weighted by Gasteiger charge is 2.28. The molecule has 7 N–H and O–H groups in total. The first kappa shape index (κ1) is 15.5. The Hall–Kier alpha value is 0.0500. The summed E-state index contributed by atoms with van der Waals surface area (Å²) in [6.07, 6.45) is -5.91. The van der Waals surface area contributed by atoms with E-state index in [1.165, 1.54) is 0 Å². The molecule has 0 saturated carbocycles. The van der Waals surface area contributed by atoms with Crippen molar-refractivity contribution in [2.45, 2.75) is 24.4 Å². The van der Waals surface area contributed by atoms with E-state index >= 15 is 0 Å². The van der Waals surface area contributed by atoms with E-state index in [1.807, 2.05) is 0 Å². The lowest BCUT2D eigenvalue weighted by molar-refractivity contribution is -0.112. The Morgan fingerprint density at radius 1 is 0.923 bits per heavy atom. The molecule has 0 radical (unpaired) electrons. The van der Waals surface area contributed by atoms with Crippen LogP contribution in [0.2, 0.25) is 0 Å². The number of rotatable bonds is 5. The van der Waals surface area contributed by atoms with E-state index in [0.717, 1.165) is 0 Å². The summed E-state index contributed by atoms with van der Waals surface area (Å²) in [5, 5.41) is 44.2. The van der Waals surface area contributed by atoms with Crippen LogP contribution < -0.4 is 5.73 Å². The van der Waals surface area contributed by atoms with Crippen molar-refractivity contribution < 1.29 is 25.5 Å². The number of aliphatic hydroxyl groups excluding tert-OH is 5. The van der Waals surface area contributed by atoms with Crippen LogP contribution in [0.3, 0.4) is 0 Å². The number of nitrogens with two attached hydrogens (primary N) is 1. The van der Waals surface area contributed by atoms with Gasteiger partial charge in [-0.2, -0.15) is 0 Å². The van der Waals surface area contributed by atoms with Gasteiger partial charge in [0.2, 0.25) is 0 Å². The van der Waals surface area contributed by atoms with E-state index in [-0.39, 0.29) is 19.0 Å². The van der Waals surface area contributed by atoms with Gasteiger partial charge in [-0.05, 0) is 0 Å². The standard InChI is InChI=1S/C6H15NO5.ClH/c7-1-3(9)5(11)6(12)4(10)2-8;/h3-6,8-12H,1-2,7H2;1H/t3-,4-,5-,6-;/m0./s1. The molecule has 0 rings (SSSR count). The Morgan fingerprint density at radius 2 is 1.31 bits per heavy atom. The van der Waals surface area contributed by atoms with Gasteiger partial charge in [0.05, 0.1) is 12.7 Å². The molecule has 13 heavy (non-hydrogen) atoms. The molecule has 0 unspecified atom stereocenters. The topological polar surface area (TPSA) is 127 Å². The van der Waals surface area contributed by atoms with Crippen molar-refractivity contribution in [3.05, 3.63) is 0 Å². The highest BCUT2D eigenvalue weighted by molar-refractivity contribution is 5.85. The van der Waals surface area contributed by atoms with Gasteiger partial charge in [0, 0.05) is 6.54 Å². The SMILES string of the molecule is Cl.NC[C@H](O)[C@H](O)[C@@H](O)[C@@H](O)CO. The maximum atomic E-state index is 9.04. The van der Waals surface area contributed by atoms with Crippen LogP contribution in [-0.4, -0.2) is 63.1 Å². The number of halogens is 1. The van der Waals surface area contributed by atoms with Gasteiger partial charge in [-0.15, -0.1) is 12.4 Å². The zero-order valence-corrected chi connectivity index (χ0v) is 7.76. The molecule has 0 heterocycles. The molecule has 0 bridgehead atoms. The molecular weight excluding hydrogens is 202 g/mol. The number of hydrogen-bond acceptors (Lipinski definition) is 6. The third-order valence-electron chi connectivity index (χ3n) is 1.57. The molecule has 0 aromatic rings. The minimum absolute atomic E-state index is 0. The van der Waals surface area contributed by atoms with E-state index < -0.39 is 31.0 Å². The van der Waals surface area contributed by atoms with Crippen LogP contribution in [0.1, 0.15) is 0 Å². The van der Waals surface area contributed by atoms with Crippen LogP contribution >= 0.6 is 12.4 Å². The molecule has 82 valence electrons. The average molecular weight is 218 g/mol. The van der Waals surface area contributed by atoms with E-state index in [4.69, 9.17) is 31.3 Å². The molecule has 0 aliphatic heterocycles. The summed E-state index contributed by atoms with van der Waals surface area (Å²) in [6.45, 7) is -0.911. The Kier molecular flexibility index (Phi) is 8.90. The van der Waals surface area contributed by atoms with Crippen LogP contribution in [0.5, 0.6) is 0 Å². The summed E-state index contributed by atoms with van der Waals surface area (Å²) in [5.41, 5.74) is 4.99. The molecule has 0 fully saturated rings. The molecule has 0 aromatic carbocycles. The zero-order chi connectivity index (χ0) is 9.72. The summed E-state index contributed by atoms with van der Waals surface area (Å²) in [5.74, 6) is 0. The first-order chi connectivity index (χ1) is 5.54. The predicted molar refractivity (Wildman–Crippen MR) is 47.4 cm³/mol. The van der Waals surface area contributed by atoms with E-state index in [2.05, 4.69) is 0 Å². The maximum Gasteiger partial charge on any atom is 0.111 e. The monoisotopic (exact) mass is 217 g/mol. The van der Waals surface area contributed by atoms with E-state index in [0.29, 0.717) is 0 Å². The third kappa shape index (κ3) is 4.72. The molecule has 0 amide bonds. The fourth-order valence-corrected chi connectivity index (χ4v) is 0.703. The largest absolute Gasteiger partial charge is 0.394 e. The van der Waals surface area contributed by atoms with Gasteiger partial charge in [-0.3, -0.25) is 0 Å². The van der Waals surface area contributed by atoms with Crippen molar-refractivity contribution in [3.63, 3.8) is 0 Å². The molecule has 6 nitrogen and oxygen atoms in total. The molecule has 0 aliphatic rings. The Morgan fingerprint density at radius 3 is 1.62 bits per heavy atom. The highest BCUT2D eigenvalue weighted by atomic mass is 35.5.